The van der Waals surface area contributed by atoms with Crippen LogP contribution in [0.2, 0.25) is 0 Å². The molecule has 0 aliphatic rings. The molecule has 1 atom stereocenters. The molecule has 0 bridgehead atoms. The molecule has 0 radical (unpaired) electrons. The average molecular weight is 420 g/mol. The standard InChI is InChI=1S/C20H25N3O5S/c1-6-18(20(24)21-17-8-7-9-19(15(17)4)23(25)26)22(29(5,27)28)16-11-13(2)10-14(3)12-16/h7-12,18H,6H2,1-5H3,(H,21,24). The molecule has 1 amide bonds. The summed E-state index contributed by atoms with van der Waals surface area (Å²) in [5.74, 6) is -0.555. The molecule has 1 unspecified atom stereocenters. The lowest BCUT2D eigenvalue weighted by Crippen LogP contribution is -2.47. The normalized spacial score (nSPS) is 12.3. The van der Waals surface area contributed by atoms with Gasteiger partial charge in [-0.05, 0) is 56.5 Å². The van der Waals surface area contributed by atoms with Gasteiger partial charge >= 0.3 is 0 Å². The number of sulfonamides is 1. The third-order valence-electron chi connectivity index (χ3n) is 4.55. The second-order valence-electron chi connectivity index (χ2n) is 7.02. The molecule has 9 heteroatoms. The summed E-state index contributed by atoms with van der Waals surface area (Å²) in [4.78, 5) is 23.6. The molecule has 29 heavy (non-hydrogen) atoms. The second kappa shape index (κ2) is 8.60. The van der Waals surface area contributed by atoms with E-state index in [0.717, 1.165) is 21.7 Å². The van der Waals surface area contributed by atoms with Crippen molar-refractivity contribution in [2.45, 2.75) is 40.2 Å². The van der Waals surface area contributed by atoms with Crippen LogP contribution in [0.1, 0.15) is 30.0 Å². The summed E-state index contributed by atoms with van der Waals surface area (Å²) in [5.41, 5.74) is 2.61. The third-order valence-corrected chi connectivity index (χ3v) is 5.73. The van der Waals surface area contributed by atoms with Crippen molar-refractivity contribution in [2.75, 3.05) is 15.9 Å². The molecule has 1 N–H and O–H groups in total. The lowest BCUT2D eigenvalue weighted by Gasteiger charge is -2.30. The van der Waals surface area contributed by atoms with E-state index in [2.05, 4.69) is 5.32 Å². The number of amides is 1. The highest BCUT2D eigenvalue weighted by atomic mass is 32.2. The van der Waals surface area contributed by atoms with Crippen LogP contribution >= 0.6 is 0 Å². The number of hydrogen-bond acceptors (Lipinski definition) is 5. The van der Waals surface area contributed by atoms with Crippen molar-refractivity contribution in [1.29, 1.82) is 0 Å². The first-order valence-electron chi connectivity index (χ1n) is 9.08. The van der Waals surface area contributed by atoms with Gasteiger partial charge in [0, 0.05) is 6.07 Å². The van der Waals surface area contributed by atoms with Gasteiger partial charge in [0.15, 0.2) is 0 Å². The monoisotopic (exact) mass is 419 g/mol. The van der Waals surface area contributed by atoms with E-state index in [-0.39, 0.29) is 17.8 Å². The van der Waals surface area contributed by atoms with Gasteiger partial charge in [-0.2, -0.15) is 0 Å². The van der Waals surface area contributed by atoms with Crippen LogP contribution in [0.15, 0.2) is 36.4 Å². The zero-order valence-electron chi connectivity index (χ0n) is 17.1. The molecule has 2 rings (SSSR count). The van der Waals surface area contributed by atoms with E-state index >= 15 is 0 Å². The van der Waals surface area contributed by atoms with Crippen molar-refractivity contribution < 1.29 is 18.1 Å². The second-order valence-corrected chi connectivity index (χ2v) is 8.88. The number of carbonyl (C=O) groups is 1. The Morgan fingerprint density at radius 3 is 2.24 bits per heavy atom. The largest absolute Gasteiger partial charge is 0.324 e. The highest BCUT2D eigenvalue weighted by Gasteiger charge is 2.32. The minimum Gasteiger partial charge on any atom is -0.324 e. The van der Waals surface area contributed by atoms with E-state index < -0.39 is 26.9 Å². The van der Waals surface area contributed by atoms with Crippen molar-refractivity contribution in [1.82, 2.24) is 0 Å². The van der Waals surface area contributed by atoms with Crippen molar-refractivity contribution in [3.8, 4) is 0 Å². The first kappa shape index (κ1) is 22.4. The van der Waals surface area contributed by atoms with E-state index in [1.165, 1.54) is 19.1 Å². The number of rotatable bonds is 7. The molecular formula is C20H25N3O5S. The minimum absolute atomic E-state index is 0.120. The Morgan fingerprint density at radius 1 is 1.17 bits per heavy atom. The van der Waals surface area contributed by atoms with Crippen LogP contribution in [0.25, 0.3) is 0 Å². The summed E-state index contributed by atoms with van der Waals surface area (Å²) >= 11 is 0. The quantitative estimate of drug-likeness (QED) is 0.543. The zero-order valence-corrected chi connectivity index (χ0v) is 17.9. The summed E-state index contributed by atoms with van der Waals surface area (Å²) in [6, 6.07) is 8.70. The van der Waals surface area contributed by atoms with Gasteiger partial charge in [-0.15, -0.1) is 0 Å². The van der Waals surface area contributed by atoms with E-state index in [0.29, 0.717) is 11.3 Å². The highest BCUT2D eigenvalue weighted by molar-refractivity contribution is 7.92. The summed E-state index contributed by atoms with van der Waals surface area (Å²) in [6.07, 6.45) is 1.28. The van der Waals surface area contributed by atoms with Gasteiger partial charge in [0.1, 0.15) is 6.04 Å². The predicted molar refractivity (Wildman–Crippen MR) is 114 cm³/mol. The molecule has 0 heterocycles. The van der Waals surface area contributed by atoms with Crippen LogP contribution in [-0.4, -0.2) is 31.5 Å². The van der Waals surface area contributed by atoms with Crippen molar-refractivity contribution in [3.63, 3.8) is 0 Å². The number of nitro benzene ring substituents is 1. The maximum absolute atomic E-state index is 13.0. The van der Waals surface area contributed by atoms with Crippen molar-refractivity contribution in [2.24, 2.45) is 0 Å². The van der Waals surface area contributed by atoms with Gasteiger partial charge < -0.3 is 5.32 Å². The Balaban J connectivity index is 2.47. The molecule has 0 aliphatic heterocycles. The van der Waals surface area contributed by atoms with Crippen LogP contribution in [0.5, 0.6) is 0 Å². The van der Waals surface area contributed by atoms with Gasteiger partial charge in [0.05, 0.1) is 28.1 Å². The van der Waals surface area contributed by atoms with Crippen molar-refractivity contribution >= 4 is 33.0 Å². The fraction of sp³-hybridized carbons (Fsp3) is 0.350. The van der Waals surface area contributed by atoms with Crippen LogP contribution < -0.4 is 9.62 Å². The number of carbonyl (C=O) groups excluding carboxylic acids is 1. The molecule has 0 spiro atoms. The number of aryl methyl sites for hydroxylation is 2. The fourth-order valence-electron chi connectivity index (χ4n) is 3.31. The maximum atomic E-state index is 13.0. The van der Waals surface area contributed by atoms with Crippen LogP contribution in [0, 0.1) is 30.9 Å². The Labute approximate surface area is 170 Å². The van der Waals surface area contributed by atoms with Gasteiger partial charge in [0.2, 0.25) is 15.9 Å². The lowest BCUT2D eigenvalue weighted by molar-refractivity contribution is -0.385. The maximum Gasteiger partial charge on any atom is 0.274 e. The molecule has 0 aliphatic carbocycles. The zero-order chi connectivity index (χ0) is 21.9. The number of nitrogens with zero attached hydrogens (tertiary/aromatic N) is 2. The van der Waals surface area contributed by atoms with E-state index in [1.54, 1.807) is 25.1 Å². The first-order valence-corrected chi connectivity index (χ1v) is 10.9. The van der Waals surface area contributed by atoms with E-state index in [1.807, 2.05) is 19.9 Å². The summed E-state index contributed by atoms with van der Waals surface area (Å²) in [5, 5.41) is 13.8. The molecule has 156 valence electrons. The Bertz CT molecular complexity index is 1030. The number of anilines is 2. The Morgan fingerprint density at radius 2 is 1.76 bits per heavy atom. The molecule has 8 nitrogen and oxygen atoms in total. The van der Waals surface area contributed by atoms with Gasteiger partial charge in [0.25, 0.3) is 5.69 Å². The molecule has 0 fully saturated rings. The van der Waals surface area contributed by atoms with Gasteiger partial charge in [-0.25, -0.2) is 8.42 Å². The molecule has 0 aromatic heterocycles. The number of nitro groups is 1. The third kappa shape index (κ3) is 5.11. The average Bonchev–Trinajstić information content (AvgIpc) is 2.58. The summed E-state index contributed by atoms with van der Waals surface area (Å²) in [6.45, 7) is 6.95. The number of benzene rings is 2. The number of nitrogens with one attached hydrogen (secondary N) is 1. The molecular weight excluding hydrogens is 394 g/mol. The Kier molecular flexibility index (Phi) is 6.63. The molecule has 0 saturated heterocycles. The van der Waals surface area contributed by atoms with Gasteiger partial charge in [-0.3, -0.25) is 19.2 Å². The predicted octanol–water partition coefficient (Wildman–Crippen LogP) is 3.70. The van der Waals surface area contributed by atoms with E-state index in [4.69, 9.17) is 0 Å². The van der Waals surface area contributed by atoms with Gasteiger partial charge in [-0.1, -0.05) is 19.1 Å². The lowest BCUT2D eigenvalue weighted by atomic mass is 10.1. The molecule has 2 aromatic rings. The highest BCUT2D eigenvalue weighted by Crippen LogP contribution is 2.28. The SMILES string of the molecule is CCC(C(=O)Nc1cccc([N+](=O)[O-])c1C)N(c1cc(C)cc(C)c1)S(C)(=O)=O. The Hall–Kier alpha value is -2.94. The molecule has 0 saturated carbocycles. The van der Waals surface area contributed by atoms with E-state index in [9.17, 15) is 23.3 Å². The fourth-order valence-corrected chi connectivity index (χ4v) is 4.51. The van der Waals surface area contributed by atoms with Crippen LogP contribution in [0.3, 0.4) is 0 Å². The van der Waals surface area contributed by atoms with Crippen LogP contribution in [0.4, 0.5) is 17.1 Å². The summed E-state index contributed by atoms with van der Waals surface area (Å²) in [7, 11) is -3.77. The van der Waals surface area contributed by atoms with Crippen LogP contribution in [-0.2, 0) is 14.8 Å². The minimum atomic E-state index is -3.77. The topological polar surface area (TPSA) is 110 Å². The van der Waals surface area contributed by atoms with Crippen molar-refractivity contribution in [3.05, 3.63) is 63.2 Å². The number of hydrogen-bond donors (Lipinski definition) is 1. The molecule has 2 aromatic carbocycles. The smallest absolute Gasteiger partial charge is 0.274 e. The first-order chi connectivity index (χ1) is 13.5. The summed E-state index contributed by atoms with van der Waals surface area (Å²) < 4.78 is 26.3.